The SMILES string of the molecule is CC1(C)c2ccccc2-c2c(Nc3ccccc3C3(c4ccccc4)c4ccccc4-c4ccccc43)cccc21.CC1(C)c2ccccc2-c2cc(Nc3cccc(C4(c5ccccc5)c5ccccc5-c5ccccc54)c3)ccc21.c1ccc(C2(c3cccc(Nc4ccc5c(c4)C(c4ccccc4)(c4ccccc4)c4ccccc4-5)c3)c3ccccc3-c3ccccc32)cc1. The summed E-state index contributed by atoms with van der Waals surface area (Å²) < 4.78 is 0. The minimum Gasteiger partial charge on any atom is -0.356 e. The Balaban J connectivity index is 0.000000111. The van der Waals surface area contributed by atoms with Gasteiger partial charge in [0.25, 0.3) is 0 Å². The van der Waals surface area contributed by atoms with E-state index in [2.05, 4.69) is 541 Å². The van der Waals surface area contributed by atoms with Gasteiger partial charge in [-0.05, 0) is 233 Å². The molecule has 0 heterocycles. The number of anilines is 6. The molecule has 3 nitrogen and oxygen atoms in total. The van der Waals surface area contributed by atoms with E-state index in [9.17, 15) is 0 Å². The fraction of sp³-hybridized carbons (Fsp3) is 0.0769. The van der Waals surface area contributed by atoms with Gasteiger partial charge < -0.3 is 16.0 Å². The molecule has 133 heavy (non-hydrogen) atoms. The van der Waals surface area contributed by atoms with Crippen LogP contribution in [0.1, 0.15) is 139 Å². The van der Waals surface area contributed by atoms with Crippen molar-refractivity contribution in [1.29, 1.82) is 0 Å². The van der Waals surface area contributed by atoms with Crippen molar-refractivity contribution in [2.45, 2.75) is 60.2 Å². The number of para-hydroxylation sites is 1. The van der Waals surface area contributed by atoms with Gasteiger partial charge in [-0.25, -0.2) is 0 Å². The summed E-state index contributed by atoms with van der Waals surface area (Å²) >= 11 is 0. The van der Waals surface area contributed by atoms with Gasteiger partial charge in [-0.15, -0.1) is 0 Å². The monoisotopic (exact) mass is 1700 g/mol. The Labute approximate surface area is 780 Å². The molecule has 0 amide bonds. The van der Waals surface area contributed by atoms with Gasteiger partial charge in [0, 0.05) is 50.5 Å². The molecule has 0 fully saturated rings. The molecule has 0 aliphatic heterocycles. The minimum absolute atomic E-state index is 0.00962. The highest BCUT2D eigenvalue weighted by Crippen LogP contribution is 2.63. The largest absolute Gasteiger partial charge is 0.356 e. The predicted molar refractivity (Wildman–Crippen MR) is 553 cm³/mol. The van der Waals surface area contributed by atoms with Gasteiger partial charge in [0.1, 0.15) is 0 Å². The molecule has 0 saturated carbocycles. The second-order valence-electron chi connectivity index (χ2n) is 37.3. The molecule has 20 aromatic carbocycles. The molecule has 0 aromatic heterocycles. The fourth-order valence-electron chi connectivity index (χ4n) is 24.3. The van der Waals surface area contributed by atoms with Crippen LogP contribution in [0.4, 0.5) is 34.1 Å². The van der Waals surface area contributed by atoms with E-state index in [0.29, 0.717) is 0 Å². The zero-order valence-corrected chi connectivity index (χ0v) is 74.8. The van der Waals surface area contributed by atoms with E-state index in [1.54, 1.807) is 0 Å². The lowest BCUT2D eigenvalue weighted by Gasteiger charge is -2.35. The molecule has 20 aromatic rings. The molecule has 0 unspecified atom stereocenters. The van der Waals surface area contributed by atoms with Crippen molar-refractivity contribution in [3.8, 4) is 66.8 Å². The van der Waals surface area contributed by atoms with Gasteiger partial charge >= 0.3 is 0 Å². The van der Waals surface area contributed by atoms with Crippen molar-refractivity contribution in [3.05, 3.63) is 609 Å². The van der Waals surface area contributed by atoms with Crippen molar-refractivity contribution in [1.82, 2.24) is 0 Å². The van der Waals surface area contributed by atoms with Crippen molar-refractivity contribution in [2.75, 3.05) is 16.0 Å². The van der Waals surface area contributed by atoms with Gasteiger partial charge in [-0.1, -0.05) is 464 Å². The van der Waals surface area contributed by atoms with Crippen molar-refractivity contribution in [2.24, 2.45) is 0 Å². The lowest BCUT2D eigenvalue weighted by molar-refractivity contribution is 0.660. The van der Waals surface area contributed by atoms with Crippen molar-refractivity contribution in [3.63, 3.8) is 0 Å². The van der Waals surface area contributed by atoms with Gasteiger partial charge in [0.15, 0.2) is 0 Å². The highest BCUT2D eigenvalue weighted by molar-refractivity contribution is 5.96. The quantitative estimate of drug-likeness (QED) is 0.102. The van der Waals surface area contributed by atoms with E-state index in [0.717, 1.165) is 34.1 Å². The van der Waals surface area contributed by atoms with Crippen LogP contribution >= 0.6 is 0 Å². The maximum Gasteiger partial charge on any atom is 0.0733 e. The Morgan fingerprint density at radius 3 is 0.789 bits per heavy atom. The van der Waals surface area contributed by atoms with Crippen LogP contribution in [0.5, 0.6) is 0 Å². The van der Waals surface area contributed by atoms with Crippen LogP contribution in [-0.4, -0.2) is 0 Å². The topological polar surface area (TPSA) is 36.1 Å². The molecule has 6 aliphatic carbocycles. The fourth-order valence-corrected chi connectivity index (χ4v) is 24.3. The lowest BCUT2D eigenvalue weighted by Crippen LogP contribution is -2.29. The number of benzene rings is 20. The highest BCUT2D eigenvalue weighted by Gasteiger charge is 2.52. The number of fused-ring (bicyclic) bond motifs is 18. The predicted octanol–water partition coefficient (Wildman–Crippen LogP) is 32.4. The molecule has 0 bridgehead atoms. The summed E-state index contributed by atoms with van der Waals surface area (Å²) in [5, 5.41) is 11.6. The first-order chi connectivity index (χ1) is 65.5. The average molecular weight is 1700 g/mol. The van der Waals surface area contributed by atoms with E-state index < -0.39 is 21.7 Å². The van der Waals surface area contributed by atoms with Crippen molar-refractivity contribution >= 4 is 34.1 Å². The summed E-state index contributed by atoms with van der Waals surface area (Å²) in [5.74, 6) is 0. The first-order valence-electron chi connectivity index (χ1n) is 46.7. The van der Waals surface area contributed by atoms with Crippen LogP contribution in [0.15, 0.2) is 497 Å². The molecule has 0 atom stereocenters. The smallest absolute Gasteiger partial charge is 0.0733 e. The standard InChI is InChI=1S/C50H35N.2C40H31N/c1-4-17-35(18-5-1)49(36-19-6-2-7-20-36)45-28-13-12-27-43(45)44-32-31-40(34-48(44)49)51-39-24-16-23-38(33-39)50(37-21-8-3-9-22-37)46-29-14-10-25-41(46)42-26-11-15-30-47(42)50;1-39(2)31-20-9-8-19-30(31)38-35(39)24-14-26-37(38)41-36-25-13-12-23-34(36)40(27-15-4-3-5-16-27)32-21-10-6-17-28(32)29-18-7-11-22-33(29)40;1-39(2)35-20-9-6-19-33(35)34-26-30(23-24-36(34)39)41-29-16-12-15-28(25-29)40(27-13-4-3-5-14-27)37-21-10-7-17-31(37)32-18-8-11-22-38(32)40/h1-34,51H;2*3-26,41H,1-2H3. The van der Waals surface area contributed by atoms with E-state index in [1.807, 2.05) is 0 Å². The Kier molecular flexibility index (Phi) is 19.2. The summed E-state index contributed by atoms with van der Waals surface area (Å²) in [6, 6.07) is 183. The van der Waals surface area contributed by atoms with Crippen LogP contribution in [0.2, 0.25) is 0 Å². The van der Waals surface area contributed by atoms with Crippen LogP contribution in [0.25, 0.3) is 66.8 Å². The summed E-state index contributed by atoms with van der Waals surface area (Å²) in [7, 11) is 0. The molecule has 0 radical (unpaired) electrons. The van der Waals surface area contributed by atoms with Crippen LogP contribution < -0.4 is 16.0 Å². The summed E-state index contributed by atoms with van der Waals surface area (Å²) in [5.41, 5.74) is 46.8. The molecule has 3 N–H and O–H groups in total. The number of nitrogens with one attached hydrogen (secondary N) is 3. The summed E-state index contributed by atoms with van der Waals surface area (Å²) in [6.07, 6.45) is 0. The molecule has 6 aliphatic rings. The lowest BCUT2D eigenvalue weighted by atomic mass is 9.67. The Hall–Kier alpha value is -16.2. The summed E-state index contributed by atoms with van der Waals surface area (Å²) in [4.78, 5) is 0. The molecule has 26 rings (SSSR count). The molecular formula is C130H97N3. The number of rotatable bonds is 14. The van der Waals surface area contributed by atoms with Crippen LogP contribution in [0, 0.1) is 0 Å². The third kappa shape index (κ3) is 12.3. The van der Waals surface area contributed by atoms with Gasteiger partial charge in [-0.3, -0.25) is 0 Å². The third-order valence-corrected chi connectivity index (χ3v) is 29.9. The second-order valence-corrected chi connectivity index (χ2v) is 37.3. The number of hydrogen-bond acceptors (Lipinski definition) is 3. The van der Waals surface area contributed by atoms with E-state index >= 15 is 0 Å². The molecular weight excluding hydrogens is 1600 g/mol. The average Bonchev–Trinajstić information content (AvgIpc) is 1.56. The maximum absolute atomic E-state index is 3.98. The summed E-state index contributed by atoms with van der Waals surface area (Å²) in [6.45, 7) is 9.33. The Morgan fingerprint density at radius 1 is 0.135 bits per heavy atom. The number of hydrogen-bond donors (Lipinski definition) is 3. The zero-order valence-electron chi connectivity index (χ0n) is 74.8. The second kappa shape index (κ2) is 31.9. The van der Waals surface area contributed by atoms with Gasteiger partial charge in [-0.2, -0.15) is 0 Å². The Morgan fingerprint density at radius 2 is 0.383 bits per heavy atom. The highest BCUT2D eigenvalue weighted by atomic mass is 14.9. The maximum atomic E-state index is 3.98. The van der Waals surface area contributed by atoms with Crippen molar-refractivity contribution < 1.29 is 0 Å². The first-order valence-corrected chi connectivity index (χ1v) is 46.7. The molecule has 0 spiro atoms. The van der Waals surface area contributed by atoms with E-state index in [-0.39, 0.29) is 10.8 Å². The molecule has 632 valence electrons. The minimum atomic E-state index is -0.451. The molecule has 3 heteroatoms. The van der Waals surface area contributed by atoms with E-state index in [4.69, 9.17) is 0 Å². The normalized spacial score (nSPS) is 14.7. The first kappa shape index (κ1) is 80.1. The van der Waals surface area contributed by atoms with Gasteiger partial charge in [0.05, 0.1) is 21.7 Å². The van der Waals surface area contributed by atoms with Gasteiger partial charge in [0.2, 0.25) is 0 Å². The van der Waals surface area contributed by atoms with Crippen LogP contribution in [-0.2, 0) is 32.5 Å². The van der Waals surface area contributed by atoms with E-state index in [1.165, 1.54) is 178 Å². The Bertz CT molecular complexity index is 7740. The zero-order chi connectivity index (χ0) is 89.0. The van der Waals surface area contributed by atoms with Crippen LogP contribution in [0.3, 0.4) is 0 Å². The third-order valence-electron chi connectivity index (χ3n) is 29.9. The molecule has 0 saturated heterocycles.